The molecule has 0 amide bonds. The molecule has 1 rings (SSSR count). The summed E-state index contributed by atoms with van der Waals surface area (Å²) >= 11 is 0. The lowest BCUT2D eigenvalue weighted by atomic mass is 9.76. The molecular formula is C15H34O2Si2. The summed E-state index contributed by atoms with van der Waals surface area (Å²) in [4.78, 5) is 0. The van der Waals surface area contributed by atoms with Crippen LogP contribution in [0.4, 0.5) is 0 Å². The Kier molecular flexibility index (Phi) is 4.55. The van der Waals surface area contributed by atoms with Gasteiger partial charge < -0.3 is 8.85 Å². The zero-order valence-corrected chi connectivity index (χ0v) is 16.7. The first kappa shape index (κ1) is 17.4. The van der Waals surface area contributed by atoms with Crippen molar-refractivity contribution in [3.05, 3.63) is 0 Å². The van der Waals surface area contributed by atoms with Crippen molar-refractivity contribution in [2.45, 2.75) is 70.9 Å². The predicted octanol–water partition coefficient (Wildman–Crippen LogP) is 4.89. The van der Waals surface area contributed by atoms with Gasteiger partial charge in [-0.05, 0) is 54.5 Å². The van der Waals surface area contributed by atoms with Crippen LogP contribution in [0, 0.1) is 11.3 Å². The summed E-state index contributed by atoms with van der Waals surface area (Å²) < 4.78 is 12.1. The second-order valence-corrected chi connectivity index (χ2v) is 16.9. The molecule has 1 fully saturated rings. The maximum Gasteiger partial charge on any atom is 0.192 e. The summed E-state index contributed by atoms with van der Waals surface area (Å²) in [5, 5.41) is 0.264. The van der Waals surface area contributed by atoms with Crippen molar-refractivity contribution in [1.82, 2.24) is 0 Å². The van der Waals surface area contributed by atoms with Crippen molar-refractivity contribution in [2.75, 3.05) is 14.2 Å². The van der Waals surface area contributed by atoms with Gasteiger partial charge in [0, 0.05) is 14.2 Å². The highest BCUT2D eigenvalue weighted by molar-refractivity contribution is 6.80. The predicted molar refractivity (Wildman–Crippen MR) is 88.7 cm³/mol. The van der Waals surface area contributed by atoms with Crippen LogP contribution < -0.4 is 0 Å². The third-order valence-electron chi connectivity index (χ3n) is 6.98. The van der Waals surface area contributed by atoms with Crippen molar-refractivity contribution < 1.29 is 8.85 Å². The first-order valence-electron chi connectivity index (χ1n) is 7.48. The van der Waals surface area contributed by atoms with Crippen molar-refractivity contribution in [1.29, 1.82) is 0 Å². The molecule has 0 aromatic heterocycles. The van der Waals surface area contributed by atoms with E-state index in [0.29, 0.717) is 11.0 Å². The van der Waals surface area contributed by atoms with Gasteiger partial charge in [0.2, 0.25) is 0 Å². The highest BCUT2D eigenvalue weighted by atomic mass is 28.4. The molecule has 0 saturated heterocycles. The SMILES string of the molecule is CO[Si](C)(C)C1CC(C)C(C)(C)C1(C)[Si](C)(C)OC. The van der Waals surface area contributed by atoms with Crippen molar-refractivity contribution >= 4 is 16.6 Å². The van der Waals surface area contributed by atoms with E-state index in [1.165, 1.54) is 6.42 Å². The van der Waals surface area contributed by atoms with Gasteiger partial charge in [0.15, 0.2) is 16.6 Å². The van der Waals surface area contributed by atoms with E-state index in [-0.39, 0.29) is 5.04 Å². The lowest BCUT2D eigenvalue weighted by Gasteiger charge is -2.54. The Balaban J connectivity index is 3.42. The van der Waals surface area contributed by atoms with Gasteiger partial charge in [0.1, 0.15) is 0 Å². The number of rotatable bonds is 4. The molecule has 2 nitrogen and oxygen atoms in total. The highest BCUT2D eigenvalue weighted by Gasteiger charge is 2.67. The Morgan fingerprint density at radius 1 is 0.947 bits per heavy atom. The Hall–Kier alpha value is 0.354. The molecule has 0 aromatic carbocycles. The van der Waals surface area contributed by atoms with Crippen LogP contribution in [-0.4, -0.2) is 30.9 Å². The summed E-state index contributed by atoms with van der Waals surface area (Å²) in [7, 11) is 0.357. The van der Waals surface area contributed by atoms with Crippen molar-refractivity contribution in [3.63, 3.8) is 0 Å². The van der Waals surface area contributed by atoms with Gasteiger partial charge in [-0.25, -0.2) is 0 Å². The van der Waals surface area contributed by atoms with Crippen LogP contribution in [0.3, 0.4) is 0 Å². The van der Waals surface area contributed by atoms with E-state index in [9.17, 15) is 0 Å². The Bertz CT molecular complexity index is 339. The smallest absolute Gasteiger partial charge is 0.192 e. The minimum atomic E-state index is -1.78. The van der Waals surface area contributed by atoms with E-state index in [2.05, 4.69) is 53.9 Å². The summed E-state index contributed by atoms with van der Waals surface area (Å²) in [5.41, 5.74) is 0.989. The van der Waals surface area contributed by atoms with Gasteiger partial charge in [0.25, 0.3) is 0 Å². The molecule has 0 radical (unpaired) electrons. The molecule has 3 atom stereocenters. The second kappa shape index (κ2) is 4.97. The van der Waals surface area contributed by atoms with Crippen LogP contribution in [0.25, 0.3) is 0 Å². The van der Waals surface area contributed by atoms with Gasteiger partial charge in [-0.3, -0.25) is 0 Å². The third kappa shape index (κ3) is 2.28. The standard InChI is InChI=1S/C15H34O2Si2/c1-12-11-13(18(7,8)16-5)15(4,14(12,2)3)19(9,10)17-6/h12-13H,11H2,1-10H3. The van der Waals surface area contributed by atoms with Crippen molar-refractivity contribution in [3.8, 4) is 0 Å². The molecule has 4 heteroatoms. The fourth-order valence-electron chi connectivity index (χ4n) is 4.37. The minimum absolute atomic E-state index is 0.264. The molecule has 19 heavy (non-hydrogen) atoms. The van der Waals surface area contributed by atoms with E-state index in [1.807, 2.05) is 14.2 Å². The summed E-state index contributed by atoms with van der Waals surface area (Å²) in [6, 6.07) is 0. The molecule has 3 unspecified atom stereocenters. The number of hydrogen-bond acceptors (Lipinski definition) is 2. The van der Waals surface area contributed by atoms with Crippen LogP contribution in [0.1, 0.15) is 34.1 Å². The zero-order chi connectivity index (χ0) is 15.3. The average Bonchev–Trinajstić information content (AvgIpc) is 2.51. The fraction of sp³-hybridized carbons (Fsp3) is 1.00. The van der Waals surface area contributed by atoms with Gasteiger partial charge in [-0.2, -0.15) is 0 Å². The summed E-state index contributed by atoms with van der Waals surface area (Å²) in [5.74, 6) is 0.728. The Morgan fingerprint density at radius 2 is 1.42 bits per heavy atom. The molecule has 0 spiro atoms. The minimum Gasteiger partial charge on any atom is -0.420 e. The monoisotopic (exact) mass is 302 g/mol. The quantitative estimate of drug-likeness (QED) is 0.689. The Morgan fingerprint density at radius 3 is 1.79 bits per heavy atom. The lowest BCUT2D eigenvalue weighted by molar-refractivity contribution is 0.190. The molecule has 0 bridgehead atoms. The molecule has 0 N–H and O–H groups in total. The summed E-state index contributed by atoms with van der Waals surface area (Å²) in [6.45, 7) is 19.3. The first-order chi connectivity index (χ1) is 8.38. The molecule has 114 valence electrons. The molecule has 0 aromatic rings. The highest BCUT2D eigenvalue weighted by Crippen LogP contribution is 2.73. The molecule has 0 aliphatic heterocycles. The average molecular weight is 303 g/mol. The molecular weight excluding hydrogens is 268 g/mol. The maximum atomic E-state index is 6.08. The second-order valence-electron chi connectivity index (χ2n) is 8.14. The van der Waals surface area contributed by atoms with Gasteiger partial charge in [-0.1, -0.05) is 27.7 Å². The normalized spacial score (nSPS) is 35.7. The van der Waals surface area contributed by atoms with Gasteiger partial charge in [-0.15, -0.1) is 0 Å². The zero-order valence-electron chi connectivity index (χ0n) is 14.7. The molecule has 1 saturated carbocycles. The Labute approximate surface area is 122 Å². The van der Waals surface area contributed by atoms with Crippen LogP contribution in [0.5, 0.6) is 0 Å². The topological polar surface area (TPSA) is 18.5 Å². The fourth-order valence-corrected chi connectivity index (χ4v) is 12.6. The maximum absolute atomic E-state index is 6.08. The van der Waals surface area contributed by atoms with E-state index in [4.69, 9.17) is 8.85 Å². The summed E-state index contributed by atoms with van der Waals surface area (Å²) in [6.07, 6.45) is 1.29. The van der Waals surface area contributed by atoms with E-state index >= 15 is 0 Å². The van der Waals surface area contributed by atoms with Crippen LogP contribution in [0.2, 0.25) is 36.8 Å². The van der Waals surface area contributed by atoms with Crippen molar-refractivity contribution in [2.24, 2.45) is 11.3 Å². The first-order valence-corrected chi connectivity index (χ1v) is 13.4. The van der Waals surface area contributed by atoms with E-state index in [1.54, 1.807) is 0 Å². The third-order valence-corrected chi connectivity index (χ3v) is 15.3. The van der Waals surface area contributed by atoms with Gasteiger partial charge in [0.05, 0.1) is 0 Å². The van der Waals surface area contributed by atoms with Crippen LogP contribution >= 0.6 is 0 Å². The van der Waals surface area contributed by atoms with Crippen LogP contribution in [0.15, 0.2) is 0 Å². The van der Waals surface area contributed by atoms with Crippen LogP contribution in [-0.2, 0) is 8.85 Å². The lowest BCUT2D eigenvalue weighted by Crippen LogP contribution is -2.55. The van der Waals surface area contributed by atoms with Gasteiger partial charge >= 0.3 is 0 Å². The molecule has 1 aliphatic rings. The molecule has 0 heterocycles. The number of hydrogen-bond donors (Lipinski definition) is 0. The molecule has 1 aliphatic carbocycles. The van der Waals surface area contributed by atoms with E-state index in [0.717, 1.165) is 5.92 Å². The van der Waals surface area contributed by atoms with E-state index < -0.39 is 16.6 Å². The largest absolute Gasteiger partial charge is 0.420 e.